The van der Waals surface area contributed by atoms with Crippen LogP contribution in [-0.2, 0) is 0 Å². The van der Waals surface area contributed by atoms with Crippen LogP contribution in [-0.4, -0.2) is 10.1 Å². The highest BCUT2D eigenvalue weighted by atomic mass is 35.5. The summed E-state index contributed by atoms with van der Waals surface area (Å²) >= 11 is 5.55. The lowest BCUT2D eigenvalue weighted by Crippen LogP contribution is -1.70. The third-order valence-corrected chi connectivity index (χ3v) is 2.19. The second-order valence-electron chi connectivity index (χ2n) is 3.02. The Labute approximate surface area is 89.5 Å². The molecule has 0 spiro atoms. The molecule has 2 aromatic heterocycles. The molecule has 15 heavy (non-hydrogen) atoms. The molecule has 0 bridgehead atoms. The number of aromatic nitrogens is 2. The number of hydrogen-bond acceptors (Lipinski definition) is 4. The number of para-hydroxylation sites is 1. The van der Waals surface area contributed by atoms with Gasteiger partial charge in [0, 0.05) is 5.39 Å². The summed E-state index contributed by atoms with van der Waals surface area (Å²) in [6.45, 7) is 0. The van der Waals surface area contributed by atoms with Gasteiger partial charge in [0.2, 0.25) is 0 Å². The Morgan fingerprint density at radius 1 is 1.20 bits per heavy atom. The van der Waals surface area contributed by atoms with E-state index < -0.39 is 0 Å². The summed E-state index contributed by atoms with van der Waals surface area (Å²) in [4.78, 5) is 3.87. The summed E-state index contributed by atoms with van der Waals surface area (Å²) in [5.41, 5.74) is 0.779. The monoisotopic (exact) mass is 220 g/mol. The smallest absolute Gasteiger partial charge is 0.294 e. The molecule has 0 aliphatic rings. The Bertz CT molecular complexity index is 581. The van der Waals surface area contributed by atoms with Crippen LogP contribution >= 0.6 is 11.6 Å². The Hall–Kier alpha value is -1.81. The second-order valence-corrected chi connectivity index (χ2v) is 3.36. The van der Waals surface area contributed by atoms with E-state index in [0.717, 1.165) is 11.0 Å². The van der Waals surface area contributed by atoms with Crippen LogP contribution in [0.25, 0.3) is 22.6 Å². The first-order valence-corrected chi connectivity index (χ1v) is 4.69. The molecule has 0 aliphatic heterocycles. The molecule has 0 amide bonds. The minimum Gasteiger partial charge on any atom is -0.451 e. The van der Waals surface area contributed by atoms with Gasteiger partial charge in [0.05, 0.1) is 0 Å². The SMILES string of the molecule is Clc1noc(-c2cc3ccccc3o2)n1. The van der Waals surface area contributed by atoms with Crippen molar-refractivity contribution in [2.75, 3.05) is 0 Å². The van der Waals surface area contributed by atoms with Gasteiger partial charge in [0.15, 0.2) is 5.76 Å². The predicted octanol–water partition coefficient (Wildman–Crippen LogP) is 3.14. The molecular weight excluding hydrogens is 216 g/mol. The number of hydrogen-bond donors (Lipinski definition) is 0. The summed E-state index contributed by atoms with van der Waals surface area (Å²) < 4.78 is 10.4. The first-order chi connectivity index (χ1) is 7.33. The molecule has 0 saturated heterocycles. The van der Waals surface area contributed by atoms with E-state index in [1.54, 1.807) is 0 Å². The van der Waals surface area contributed by atoms with Crippen LogP contribution in [0.3, 0.4) is 0 Å². The maximum atomic E-state index is 5.55. The van der Waals surface area contributed by atoms with Crippen LogP contribution in [0.1, 0.15) is 0 Å². The van der Waals surface area contributed by atoms with E-state index in [2.05, 4.69) is 10.1 Å². The summed E-state index contributed by atoms with van der Waals surface area (Å²) in [6.07, 6.45) is 0. The molecule has 0 unspecified atom stereocenters. The van der Waals surface area contributed by atoms with E-state index >= 15 is 0 Å². The Kier molecular flexibility index (Phi) is 1.76. The van der Waals surface area contributed by atoms with E-state index in [-0.39, 0.29) is 11.2 Å². The number of furan rings is 1. The van der Waals surface area contributed by atoms with Crippen molar-refractivity contribution in [3.8, 4) is 11.7 Å². The number of fused-ring (bicyclic) bond motifs is 1. The van der Waals surface area contributed by atoms with Crippen molar-refractivity contribution in [2.45, 2.75) is 0 Å². The Morgan fingerprint density at radius 3 is 2.80 bits per heavy atom. The highest BCUT2D eigenvalue weighted by Crippen LogP contribution is 2.26. The second kappa shape index (κ2) is 3.10. The zero-order valence-corrected chi connectivity index (χ0v) is 8.23. The van der Waals surface area contributed by atoms with E-state index in [9.17, 15) is 0 Å². The van der Waals surface area contributed by atoms with E-state index in [0.29, 0.717) is 5.76 Å². The lowest BCUT2D eigenvalue weighted by molar-refractivity contribution is 0.418. The lowest BCUT2D eigenvalue weighted by Gasteiger charge is -1.83. The molecule has 3 rings (SSSR count). The largest absolute Gasteiger partial charge is 0.451 e. The number of benzene rings is 1. The van der Waals surface area contributed by atoms with Gasteiger partial charge in [-0.1, -0.05) is 18.2 Å². The molecule has 4 nitrogen and oxygen atoms in total. The lowest BCUT2D eigenvalue weighted by atomic mass is 10.2. The maximum Gasteiger partial charge on any atom is 0.294 e. The van der Waals surface area contributed by atoms with Gasteiger partial charge in [-0.15, -0.1) is 0 Å². The Morgan fingerprint density at radius 2 is 2.07 bits per heavy atom. The quantitative estimate of drug-likeness (QED) is 0.632. The minimum atomic E-state index is 0.0745. The highest BCUT2D eigenvalue weighted by Gasteiger charge is 2.12. The Balaban J connectivity index is 2.19. The van der Waals surface area contributed by atoms with Gasteiger partial charge in [0.25, 0.3) is 11.2 Å². The molecule has 0 atom stereocenters. The van der Waals surface area contributed by atoms with Crippen molar-refractivity contribution in [1.82, 2.24) is 10.1 Å². The predicted molar refractivity (Wildman–Crippen MR) is 54.5 cm³/mol. The van der Waals surface area contributed by atoms with Gasteiger partial charge in [-0.05, 0) is 28.9 Å². The molecule has 5 heteroatoms. The fraction of sp³-hybridized carbons (Fsp3) is 0. The zero-order chi connectivity index (χ0) is 10.3. The number of rotatable bonds is 1. The van der Waals surface area contributed by atoms with Crippen molar-refractivity contribution in [1.29, 1.82) is 0 Å². The molecule has 0 saturated carbocycles. The molecule has 0 N–H and O–H groups in total. The fourth-order valence-electron chi connectivity index (χ4n) is 1.39. The summed E-state index contributed by atoms with van der Waals surface area (Å²) in [7, 11) is 0. The van der Waals surface area contributed by atoms with Gasteiger partial charge in [-0.25, -0.2) is 0 Å². The number of halogens is 1. The van der Waals surface area contributed by atoms with Crippen molar-refractivity contribution >= 4 is 22.6 Å². The van der Waals surface area contributed by atoms with Gasteiger partial charge in [-0.2, -0.15) is 4.98 Å². The highest BCUT2D eigenvalue weighted by molar-refractivity contribution is 6.28. The minimum absolute atomic E-state index is 0.0745. The van der Waals surface area contributed by atoms with E-state index in [1.165, 1.54) is 0 Å². The maximum absolute atomic E-state index is 5.55. The molecule has 0 aliphatic carbocycles. The summed E-state index contributed by atoms with van der Waals surface area (Å²) in [5, 5.41) is 4.54. The molecular formula is C10H5ClN2O2. The average Bonchev–Trinajstić information content (AvgIpc) is 2.82. The van der Waals surface area contributed by atoms with Gasteiger partial charge >= 0.3 is 0 Å². The molecule has 74 valence electrons. The van der Waals surface area contributed by atoms with Crippen LogP contribution in [0.5, 0.6) is 0 Å². The average molecular weight is 221 g/mol. The van der Waals surface area contributed by atoms with Crippen molar-refractivity contribution in [2.24, 2.45) is 0 Å². The molecule has 3 aromatic rings. The van der Waals surface area contributed by atoms with E-state index in [1.807, 2.05) is 30.3 Å². The van der Waals surface area contributed by atoms with Gasteiger partial charge in [-0.3, -0.25) is 0 Å². The topological polar surface area (TPSA) is 52.1 Å². The third-order valence-electron chi connectivity index (χ3n) is 2.04. The van der Waals surface area contributed by atoms with Crippen LogP contribution in [0.15, 0.2) is 39.3 Å². The summed E-state index contributed by atoms with van der Waals surface area (Å²) in [6, 6.07) is 9.48. The molecule has 0 radical (unpaired) electrons. The normalized spacial score (nSPS) is 11.0. The number of nitrogens with zero attached hydrogens (tertiary/aromatic N) is 2. The fourth-order valence-corrected chi connectivity index (χ4v) is 1.50. The van der Waals surface area contributed by atoms with Crippen LogP contribution in [0.2, 0.25) is 5.28 Å². The van der Waals surface area contributed by atoms with E-state index in [4.69, 9.17) is 20.5 Å². The first-order valence-electron chi connectivity index (χ1n) is 4.31. The van der Waals surface area contributed by atoms with Crippen LogP contribution in [0, 0.1) is 0 Å². The van der Waals surface area contributed by atoms with Crippen LogP contribution in [0.4, 0.5) is 0 Å². The zero-order valence-electron chi connectivity index (χ0n) is 7.48. The van der Waals surface area contributed by atoms with Crippen LogP contribution < -0.4 is 0 Å². The molecule has 2 heterocycles. The summed E-state index contributed by atoms with van der Waals surface area (Å²) in [5.74, 6) is 0.812. The van der Waals surface area contributed by atoms with Crippen molar-refractivity contribution in [3.63, 3.8) is 0 Å². The standard InChI is InChI=1S/C10H5ClN2O2/c11-10-12-9(15-13-10)8-5-6-3-1-2-4-7(6)14-8/h1-5H. The van der Waals surface area contributed by atoms with Crippen molar-refractivity contribution in [3.05, 3.63) is 35.6 Å². The van der Waals surface area contributed by atoms with Crippen molar-refractivity contribution < 1.29 is 8.94 Å². The third kappa shape index (κ3) is 1.39. The van der Waals surface area contributed by atoms with Gasteiger partial charge < -0.3 is 8.94 Å². The molecule has 1 aromatic carbocycles. The van der Waals surface area contributed by atoms with Gasteiger partial charge in [0.1, 0.15) is 5.58 Å². The first kappa shape index (κ1) is 8.49. The molecule has 0 fully saturated rings.